The van der Waals surface area contributed by atoms with E-state index in [1.54, 1.807) is 6.92 Å². The molecule has 12 nitrogen and oxygen atoms in total. The molecule has 0 aromatic heterocycles. The minimum atomic E-state index is -1.17. The van der Waals surface area contributed by atoms with Crippen LogP contribution in [0.5, 0.6) is 0 Å². The van der Waals surface area contributed by atoms with Crippen molar-refractivity contribution in [1.29, 1.82) is 0 Å². The summed E-state index contributed by atoms with van der Waals surface area (Å²) in [6.45, 7) is 4.07. The summed E-state index contributed by atoms with van der Waals surface area (Å²) >= 11 is 0. The molecular formula is C24H35N3O9. The first-order chi connectivity index (χ1) is 16.9. The lowest BCUT2D eigenvalue weighted by Gasteiger charge is -2.18. The summed E-state index contributed by atoms with van der Waals surface area (Å²) in [5.41, 5.74) is 0. The van der Waals surface area contributed by atoms with Crippen LogP contribution in [0.15, 0.2) is 12.2 Å². The standard InChI is InChI=1S/C24H35N3O9/c1-15(11-18(28)7-5-4-6-10-27-20(30)8-9-21(27)31)24(35)26-17(3)19(29)12-16(2)23(34)25-14-36-13-22(32)33/h8-9,15-17H,4-7,10-14H2,1-3H3,(H,25,34)(H,26,35)(H,32,33)/t15-,16-,17-/m1/s1. The Labute approximate surface area is 209 Å². The number of ketones is 2. The molecular weight excluding hydrogens is 474 g/mol. The first-order valence-corrected chi connectivity index (χ1v) is 11.9. The molecule has 36 heavy (non-hydrogen) atoms. The number of nitrogens with one attached hydrogen (secondary N) is 2. The highest BCUT2D eigenvalue weighted by molar-refractivity contribution is 6.12. The van der Waals surface area contributed by atoms with Gasteiger partial charge in [-0.05, 0) is 19.8 Å². The number of hydrogen-bond acceptors (Lipinski definition) is 8. The van der Waals surface area contributed by atoms with Gasteiger partial charge in [-0.2, -0.15) is 0 Å². The topological polar surface area (TPSA) is 176 Å². The summed E-state index contributed by atoms with van der Waals surface area (Å²) in [4.78, 5) is 83.4. The van der Waals surface area contributed by atoms with Crippen molar-refractivity contribution in [2.75, 3.05) is 19.9 Å². The van der Waals surface area contributed by atoms with Gasteiger partial charge in [-0.25, -0.2) is 4.79 Å². The molecule has 12 heteroatoms. The lowest BCUT2D eigenvalue weighted by Crippen LogP contribution is -2.43. The minimum absolute atomic E-state index is 0.0227. The van der Waals surface area contributed by atoms with E-state index < -0.39 is 42.3 Å². The summed E-state index contributed by atoms with van der Waals surface area (Å²) in [7, 11) is 0. The SMILES string of the molecule is C[C@H](CC(=O)[C@@H](C)NC(=O)[C@H](C)CC(=O)CCCCCN1C(=O)C=CC1=O)C(=O)NCOCC(=O)O. The number of hydrogen-bond donors (Lipinski definition) is 3. The molecule has 0 unspecified atom stereocenters. The number of carboxylic acid groups (broad SMARTS) is 1. The first kappa shape index (κ1) is 30.6. The molecule has 1 rings (SSSR count). The van der Waals surface area contributed by atoms with Gasteiger partial charge in [0.25, 0.3) is 11.8 Å². The molecule has 1 aliphatic rings. The van der Waals surface area contributed by atoms with E-state index in [4.69, 9.17) is 9.84 Å². The number of Topliss-reactive ketones (excluding diaryl/α,β-unsaturated/α-hetero) is 2. The molecule has 1 aliphatic heterocycles. The minimum Gasteiger partial charge on any atom is -0.480 e. The van der Waals surface area contributed by atoms with Crippen molar-refractivity contribution in [3.63, 3.8) is 0 Å². The normalized spacial score (nSPS) is 15.4. The number of unbranched alkanes of at least 4 members (excludes halogenated alkanes) is 2. The van der Waals surface area contributed by atoms with Crippen LogP contribution in [0.1, 0.15) is 59.3 Å². The zero-order valence-corrected chi connectivity index (χ0v) is 20.9. The number of aliphatic carboxylic acids is 1. The van der Waals surface area contributed by atoms with Crippen LogP contribution in [-0.2, 0) is 38.3 Å². The van der Waals surface area contributed by atoms with Crippen LogP contribution in [0.3, 0.4) is 0 Å². The van der Waals surface area contributed by atoms with Gasteiger partial charge in [0.05, 0.1) is 6.04 Å². The van der Waals surface area contributed by atoms with Crippen LogP contribution in [0.2, 0.25) is 0 Å². The van der Waals surface area contributed by atoms with E-state index in [9.17, 15) is 33.6 Å². The maximum absolute atomic E-state index is 12.4. The fourth-order valence-electron chi connectivity index (χ4n) is 3.40. The van der Waals surface area contributed by atoms with Gasteiger partial charge in [0.2, 0.25) is 11.8 Å². The average molecular weight is 510 g/mol. The number of carboxylic acids is 1. The maximum atomic E-state index is 12.4. The molecule has 0 radical (unpaired) electrons. The zero-order valence-electron chi connectivity index (χ0n) is 20.9. The Balaban J connectivity index is 2.26. The van der Waals surface area contributed by atoms with Gasteiger partial charge in [0.1, 0.15) is 19.1 Å². The van der Waals surface area contributed by atoms with Crippen molar-refractivity contribution in [3.05, 3.63) is 12.2 Å². The maximum Gasteiger partial charge on any atom is 0.329 e. The molecule has 3 atom stereocenters. The number of nitrogens with zero attached hydrogens (tertiary/aromatic N) is 1. The monoisotopic (exact) mass is 509 g/mol. The molecule has 3 N–H and O–H groups in total. The van der Waals surface area contributed by atoms with Crippen LogP contribution in [-0.4, -0.2) is 77.1 Å². The number of amides is 4. The molecule has 0 aliphatic carbocycles. The molecule has 0 fully saturated rings. The predicted molar refractivity (Wildman–Crippen MR) is 126 cm³/mol. The molecule has 200 valence electrons. The van der Waals surface area contributed by atoms with Crippen molar-refractivity contribution in [3.8, 4) is 0 Å². The molecule has 0 aromatic rings. The summed E-state index contributed by atoms with van der Waals surface area (Å²) in [6, 6.07) is -0.848. The Hall–Kier alpha value is -3.41. The lowest BCUT2D eigenvalue weighted by molar-refractivity contribution is -0.143. The Bertz CT molecular complexity index is 866. The molecule has 0 saturated heterocycles. The van der Waals surface area contributed by atoms with E-state index in [1.807, 2.05) is 0 Å². The van der Waals surface area contributed by atoms with Crippen LogP contribution in [0.25, 0.3) is 0 Å². The smallest absolute Gasteiger partial charge is 0.329 e. The van der Waals surface area contributed by atoms with Crippen molar-refractivity contribution < 1.29 is 43.4 Å². The average Bonchev–Trinajstić information content (AvgIpc) is 3.13. The first-order valence-electron chi connectivity index (χ1n) is 11.9. The van der Waals surface area contributed by atoms with Crippen LogP contribution in [0, 0.1) is 11.8 Å². The Kier molecular flexibility index (Phi) is 13.2. The van der Waals surface area contributed by atoms with Gasteiger partial charge in [-0.3, -0.25) is 33.7 Å². The quantitative estimate of drug-likeness (QED) is 0.134. The zero-order chi connectivity index (χ0) is 27.3. The van der Waals surface area contributed by atoms with Crippen molar-refractivity contribution in [2.45, 2.75) is 65.3 Å². The second-order valence-electron chi connectivity index (χ2n) is 8.85. The lowest BCUT2D eigenvalue weighted by atomic mass is 9.98. The molecule has 0 aromatic carbocycles. The van der Waals surface area contributed by atoms with Crippen LogP contribution < -0.4 is 10.6 Å². The second kappa shape index (κ2) is 15.6. The van der Waals surface area contributed by atoms with Gasteiger partial charge in [0, 0.05) is 49.8 Å². The third-order valence-corrected chi connectivity index (χ3v) is 5.59. The highest BCUT2D eigenvalue weighted by Gasteiger charge is 2.25. The predicted octanol–water partition coefficient (Wildman–Crippen LogP) is 0.342. The summed E-state index contributed by atoms with van der Waals surface area (Å²) < 4.78 is 4.71. The highest BCUT2D eigenvalue weighted by Crippen LogP contribution is 2.12. The molecule has 4 amide bonds. The van der Waals surface area contributed by atoms with E-state index >= 15 is 0 Å². The summed E-state index contributed by atoms with van der Waals surface area (Å²) in [5.74, 6) is -4.55. The van der Waals surface area contributed by atoms with Crippen molar-refractivity contribution in [2.24, 2.45) is 11.8 Å². The molecule has 1 heterocycles. The molecule has 0 spiro atoms. The second-order valence-corrected chi connectivity index (χ2v) is 8.85. The van der Waals surface area contributed by atoms with Crippen molar-refractivity contribution in [1.82, 2.24) is 15.5 Å². The van der Waals surface area contributed by atoms with Crippen LogP contribution >= 0.6 is 0 Å². The fourth-order valence-corrected chi connectivity index (χ4v) is 3.40. The number of carbonyl (C=O) groups excluding carboxylic acids is 6. The Morgan fingerprint density at radius 2 is 1.53 bits per heavy atom. The van der Waals surface area contributed by atoms with E-state index in [2.05, 4.69) is 10.6 Å². The summed E-state index contributed by atoms with van der Waals surface area (Å²) in [5, 5.41) is 13.4. The van der Waals surface area contributed by atoms with Gasteiger partial charge >= 0.3 is 5.97 Å². The van der Waals surface area contributed by atoms with E-state index in [-0.39, 0.29) is 49.4 Å². The van der Waals surface area contributed by atoms with Gasteiger partial charge in [-0.1, -0.05) is 20.3 Å². The number of rotatable bonds is 18. The van der Waals surface area contributed by atoms with E-state index in [1.165, 1.54) is 26.0 Å². The van der Waals surface area contributed by atoms with Gasteiger partial charge in [0.15, 0.2) is 5.78 Å². The number of imide groups is 1. The molecule has 0 saturated carbocycles. The fraction of sp³-hybridized carbons (Fsp3) is 0.625. The van der Waals surface area contributed by atoms with Gasteiger partial charge < -0.3 is 20.5 Å². The number of ether oxygens (including phenoxy) is 1. The van der Waals surface area contributed by atoms with Gasteiger partial charge in [-0.15, -0.1) is 0 Å². The van der Waals surface area contributed by atoms with E-state index in [0.29, 0.717) is 25.8 Å². The van der Waals surface area contributed by atoms with E-state index in [0.717, 1.165) is 4.90 Å². The third kappa shape index (κ3) is 11.3. The summed E-state index contributed by atoms with van der Waals surface area (Å²) in [6.07, 6.45) is 4.45. The largest absolute Gasteiger partial charge is 0.480 e. The number of carbonyl (C=O) groups is 7. The Morgan fingerprint density at radius 3 is 2.14 bits per heavy atom. The van der Waals surface area contributed by atoms with Crippen LogP contribution in [0.4, 0.5) is 0 Å². The van der Waals surface area contributed by atoms with Crippen molar-refractivity contribution >= 4 is 41.2 Å². The third-order valence-electron chi connectivity index (χ3n) is 5.59. The highest BCUT2D eigenvalue weighted by atomic mass is 16.5. The Morgan fingerprint density at radius 1 is 0.917 bits per heavy atom. The molecule has 0 bridgehead atoms.